The summed E-state index contributed by atoms with van der Waals surface area (Å²) in [7, 11) is 0. The molecule has 2 aliphatic heterocycles. The van der Waals surface area contributed by atoms with Gasteiger partial charge in [-0.3, -0.25) is 0 Å². The molecule has 8 heteroatoms. The van der Waals surface area contributed by atoms with E-state index in [9.17, 15) is 18.0 Å². The fourth-order valence-electron chi connectivity index (χ4n) is 2.63. The lowest BCUT2D eigenvalue weighted by Crippen LogP contribution is -2.45. The van der Waals surface area contributed by atoms with Gasteiger partial charge in [0.15, 0.2) is 0 Å². The first-order chi connectivity index (χ1) is 9.47. The lowest BCUT2D eigenvalue weighted by atomic mass is 10.1. The predicted molar refractivity (Wildman–Crippen MR) is 66.4 cm³/mol. The number of amides is 2. The van der Waals surface area contributed by atoms with Crippen LogP contribution in [0.1, 0.15) is 12.8 Å². The molecule has 2 heterocycles. The summed E-state index contributed by atoms with van der Waals surface area (Å²) < 4.78 is 40.3. The first-order valence-electron chi connectivity index (χ1n) is 6.88. The summed E-state index contributed by atoms with van der Waals surface area (Å²) in [6, 6.07) is 0.178. The van der Waals surface area contributed by atoms with Crippen molar-refractivity contribution in [3.8, 4) is 0 Å². The van der Waals surface area contributed by atoms with Crippen molar-refractivity contribution in [2.24, 2.45) is 0 Å². The normalized spacial score (nSPS) is 21.9. The highest BCUT2D eigenvalue weighted by Crippen LogP contribution is 2.19. The molecule has 0 saturated carbocycles. The van der Waals surface area contributed by atoms with Crippen molar-refractivity contribution in [2.45, 2.75) is 25.1 Å². The molecule has 2 aliphatic rings. The number of nitrogens with zero attached hydrogens (tertiary/aromatic N) is 2. The molecule has 0 aromatic heterocycles. The third kappa shape index (κ3) is 4.24. The number of hydrogen-bond acceptors (Lipinski definition) is 3. The van der Waals surface area contributed by atoms with E-state index in [0.29, 0.717) is 13.1 Å². The smallest absolute Gasteiger partial charge is 0.370 e. The number of halogens is 3. The monoisotopic (exact) mass is 295 g/mol. The molecule has 20 heavy (non-hydrogen) atoms. The molecular weight excluding hydrogens is 275 g/mol. The van der Waals surface area contributed by atoms with E-state index in [1.54, 1.807) is 4.90 Å². The maximum atomic E-state index is 12.1. The molecule has 1 N–H and O–H groups in total. The van der Waals surface area contributed by atoms with Crippen LogP contribution in [0.25, 0.3) is 0 Å². The quantitative estimate of drug-likeness (QED) is 0.771. The Hall–Kier alpha value is -1.02. The summed E-state index contributed by atoms with van der Waals surface area (Å²) in [6.07, 6.45) is -2.44. The van der Waals surface area contributed by atoms with Crippen LogP contribution in [0, 0.1) is 0 Å². The van der Waals surface area contributed by atoms with Crippen molar-refractivity contribution in [3.63, 3.8) is 0 Å². The number of carbonyl (C=O) groups is 1. The van der Waals surface area contributed by atoms with E-state index >= 15 is 0 Å². The van der Waals surface area contributed by atoms with Crippen LogP contribution in [0.2, 0.25) is 0 Å². The number of ether oxygens (including phenoxy) is 1. The SMILES string of the molecule is O=C1N(CCOCC(F)(F)F)CCN1C1CCNCC1. The topological polar surface area (TPSA) is 44.8 Å². The molecule has 2 saturated heterocycles. The van der Waals surface area contributed by atoms with Crippen molar-refractivity contribution in [1.29, 1.82) is 0 Å². The van der Waals surface area contributed by atoms with E-state index in [1.165, 1.54) is 0 Å². The van der Waals surface area contributed by atoms with Gasteiger partial charge in [-0.1, -0.05) is 0 Å². The van der Waals surface area contributed by atoms with Crippen LogP contribution in [0.5, 0.6) is 0 Å². The average molecular weight is 295 g/mol. The molecule has 2 rings (SSSR count). The molecule has 0 aliphatic carbocycles. The number of urea groups is 1. The zero-order chi connectivity index (χ0) is 14.6. The van der Waals surface area contributed by atoms with Crippen molar-refractivity contribution in [1.82, 2.24) is 15.1 Å². The zero-order valence-corrected chi connectivity index (χ0v) is 11.3. The average Bonchev–Trinajstić information content (AvgIpc) is 2.76. The van der Waals surface area contributed by atoms with Crippen molar-refractivity contribution in [2.75, 3.05) is 45.9 Å². The molecule has 5 nitrogen and oxygen atoms in total. The Balaban J connectivity index is 1.71. The standard InChI is InChI=1S/C12H20F3N3O2/c13-12(14,15)9-20-8-7-17-5-6-18(11(17)19)10-1-3-16-4-2-10/h10,16H,1-9H2. The number of carbonyl (C=O) groups excluding carboxylic acids is 1. The summed E-state index contributed by atoms with van der Waals surface area (Å²) >= 11 is 0. The Kier molecular flexibility index (Phi) is 5.09. The van der Waals surface area contributed by atoms with E-state index in [-0.39, 0.29) is 25.2 Å². The molecule has 0 radical (unpaired) electrons. The fraction of sp³-hybridized carbons (Fsp3) is 0.917. The first kappa shape index (κ1) is 15.4. The van der Waals surface area contributed by atoms with Crippen LogP contribution >= 0.6 is 0 Å². The maximum Gasteiger partial charge on any atom is 0.411 e. The van der Waals surface area contributed by atoms with Crippen LogP contribution in [0.15, 0.2) is 0 Å². The van der Waals surface area contributed by atoms with Gasteiger partial charge in [-0.05, 0) is 25.9 Å². The Labute approximate surface area is 116 Å². The predicted octanol–water partition coefficient (Wildman–Crippen LogP) is 1.05. The Morgan fingerprint density at radius 1 is 1.25 bits per heavy atom. The largest absolute Gasteiger partial charge is 0.411 e. The van der Waals surface area contributed by atoms with Crippen LogP contribution in [-0.2, 0) is 4.74 Å². The van der Waals surface area contributed by atoms with Crippen molar-refractivity contribution < 1.29 is 22.7 Å². The second kappa shape index (κ2) is 6.62. The van der Waals surface area contributed by atoms with Crippen LogP contribution < -0.4 is 5.32 Å². The first-order valence-corrected chi connectivity index (χ1v) is 6.88. The molecular formula is C12H20F3N3O2. The van der Waals surface area contributed by atoms with Gasteiger partial charge in [-0.25, -0.2) is 4.79 Å². The molecule has 0 atom stereocenters. The lowest BCUT2D eigenvalue weighted by Gasteiger charge is -2.31. The maximum absolute atomic E-state index is 12.1. The molecule has 116 valence electrons. The van der Waals surface area contributed by atoms with Crippen LogP contribution in [-0.4, -0.2) is 74.0 Å². The number of hydrogen-bond donors (Lipinski definition) is 1. The molecule has 0 aromatic rings. The number of rotatable bonds is 5. The second-order valence-electron chi connectivity index (χ2n) is 5.11. The van der Waals surface area contributed by atoms with Gasteiger partial charge in [-0.2, -0.15) is 13.2 Å². The minimum absolute atomic E-state index is 0.0764. The molecule has 2 fully saturated rings. The van der Waals surface area contributed by atoms with E-state index in [2.05, 4.69) is 10.1 Å². The molecule has 0 bridgehead atoms. The summed E-state index contributed by atoms with van der Waals surface area (Å²) in [5.74, 6) is 0. The van der Waals surface area contributed by atoms with Crippen molar-refractivity contribution >= 4 is 6.03 Å². The molecule has 2 amide bonds. The van der Waals surface area contributed by atoms with Gasteiger partial charge in [0.25, 0.3) is 0 Å². The summed E-state index contributed by atoms with van der Waals surface area (Å²) in [6.45, 7) is 1.92. The molecule has 0 spiro atoms. The summed E-state index contributed by atoms with van der Waals surface area (Å²) in [4.78, 5) is 15.6. The lowest BCUT2D eigenvalue weighted by molar-refractivity contribution is -0.174. The van der Waals surface area contributed by atoms with Gasteiger partial charge in [0.1, 0.15) is 6.61 Å². The number of piperidine rings is 1. The van der Waals surface area contributed by atoms with Crippen LogP contribution in [0.4, 0.5) is 18.0 Å². The third-order valence-corrected chi connectivity index (χ3v) is 3.65. The van der Waals surface area contributed by atoms with E-state index in [1.807, 2.05) is 4.90 Å². The minimum atomic E-state index is -4.31. The second-order valence-corrected chi connectivity index (χ2v) is 5.11. The Morgan fingerprint density at radius 2 is 1.95 bits per heavy atom. The highest BCUT2D eigenvalue weighted by molar-refractivity contribution is 5.76. The van der Waals surface area contributed by atoms with Crippen LogP contribution in [0.3, 0.4) is 0 Å². The molecule has 0 unspecified atom stereocenters. The van der Waals surface area contributed by atoms with E-state index in [0.717, 1.165) is 25.9 Å². The highest BCUT2D eigenvalue weighted by atomic mass is 19.4. The summed E-state index contributed by atoms with van der Waals surface area (Å²) in [5.41, 5.74) is 0. The third-order valence-electron chi connectivity index (χ3n) is 3.65. The van der Waals surface area contributed by atoms with Crippen molar-refractivity contribution in [3.05, 3.63) is 0 Å². The van der Waals surface area contributed by atoms with Gasteiger partial charge in [0, 0.05) is 25.7 Å². The van der Waals surface area contributed by atoms with Gasteiger partial charge in [-0.15, -0.1) is 0 Å². The fourth-order valence-corrected chi connectivity index (χ4v) is 2.63. The highest BCUT2D eigenvalue weighted by Gasteiger charge is 2.34. The van der Waals surface area contributed by atoms with Gasteiger partial charge >= 0.3 is 12.2 Å². The summed E-state index contributed by atoms with van der Waals surface area (Å²) in [5, 5.41) is 3.24. The van der Waals surface area contributed by atoms with Gasteiger partial charge < -0.3 is 19.9 Å². The van der Waals surface area contributed by atoms with E-state index < -0.39 is 12.8 Å². The molecule has 0 aromatic carbocycles. The zero-order valence-electron chi connectivity index (χ0n) is 11.3. The van der Waals surface area contributed by atoms with E-state index in [4.69, 9.17) is 0 Å². The Bertz CT molecular complexity index is 332. The van der Waals surface area contributed by atoms with Gasteiger partial charge in [0.05, 0.1) is 6.61 Å². The Morgan fingerprint density at radius 3 is 2.60 bits per heavy atom. The minimum Gasteiger partial charge on any atom is -0.370 e. The number of alkyl halides is 3. The number of nitrogens with one attached hydrogen (secondary N) is 1. The van der Waals surface area contributed by atoms with Gasteiger partial charge in [0.2, 0.25) is 0 Å².